The fourth-order valence-electron chi connectivity index (χ4n) is 0.442. The van der Waals surface area contributed by atoms with Gasteiger partial charge in [-0.15, -0.1) is 0 Å². The summed E-state index contributed by atoms with van der Waals surface area (Å²) >= 11 is 0. The largest absolute Gasteiger partial charge is 0.372 e. The minimum Gasteiger partial charge on any atom is -0.372 e. The highest BCUT2D eigenvalue weighted by Crippen LogP contribution is 2.15. The number of nitrogens with two attached hydrogens (primary N) is 2. The van der Waals surface area contributed by atoms with Crippen LogP contribution in [0.15, 0.2) is 0 Å². The van der Waals surface area contributed by atoms with E-state index in [0.29, 0.717) is 6.61 Å². The molecule has 0 aliphatic carbocycles. The zero-order chi connectivity index (χ0) is 5.49. The molecular weight excluding hydrogens is 92.1 g/mol. The molecule has 0 bridgehead atoms. The van der Waals surface area contributed by atoms with Crippen LogP contribution in [-0.2, 0) is 4.74 Å². The molecule has 1 atom stereocenters. The van der Waals surface area contributed by atoms with Gasteiger partial charge >= 0.3 is 0 Å². The molecule has 1 aliphatic rings. The van der Waals surface area contributed by atoms with Crippen LogP contribution in [0.25, 0.3) is 0 Å². The molecule has 1 heterocycles. The summed E-state index contributed by atoms with van der Waals surface area (Å²) in [6.45, 7) is 2.36. The summed E-state index contributed by atoms with van der Waals surface area (Å²) in [5, 5.41) is 0. The Morgan fingerprint density at radius 1 is 1.71 bits per heavy atom. The van der Waals surface area contributed by atoms with Gasteiger partial charge in [0.15, 0.2) is 0 Å². The molecule has 0 aromatic rings. The Morgan fingerprint density at radius 3 is 2.14 bits per heavy atom. The average Bonchev–Trinajstić information content (AvgIpc) is 1.63. The van der Waals surface area contributed by atoms with Gasteiger partial charge in [0.25, 0.3) is 0 Å². The van der Waals surface area contributed by atoms with Gasteiger partial charge in [0, 0.05) is 0 Å². The van der Waals surface area contributed by atoms with Crippen molar-refractivity contribution < 1.29 is 4.74 Å². The van der Waals surface area contributed by atoms with Crippen LogP contribution in [0.4, 0.5) is 0 Å². The Bertz CT molecular complexity index is 81.8. The summed E-state index contributed by atoms with van der Waals surface area (Å²) in [5.74, 6) is 0. The van der Waals surface area contributed by atoms with Gasteiger partial charge in [-0.05, 0) is 6.92 Å². The van der Waals surface area contributed by atoms with Gasteiger partial charge in [-0.1, -0.05) is 0 Å². The SMILES string of the molecule is CC1OCC1(N)N. The van der Waals surface area contributed by atoms with Crippen molar-refractivity contribution in [3.05, 3.63) is 0 Å². The van der Waals surface area contributed by atoms with E-state index in [0.717, 1.165) is 0 Å². The van der Waals surface area contributed by atoms with Gasteiger partial charge < -0.3 is 16.2 Å². The van der Waals surface area contributed by atoms with Gasteiger partial charge in [0.05, 0.1) is 12.7 Å². The molecule has 0 amide bonds. The monoisotopic (exact) mass is 102 g/mol. The normalized spacial score (nSPS) is 37.3. The van der Waals surface area contributed by atoms with E-state index >= 15 is 0 Å². The third-order valence-corrected chi connectivity index (χ3v) is 1.34. The lowest BCUT2D eigenvalue weighted by Gasteiger charge is -2.40. The molecule has 4 N–H and O–H groups in total. The van der Waals surface area contributed by atoms with Gasteiger partial charge in [-0.2, -0.15) is 0 Å². The molecule has 1 rings (SSSR count). The Labute approximate surface area is 42.6 Å². The molecule has 1 unspecified atom stereocenters. The topological polar surface area (TPSA) is 61.3 Å². The van der Waals surface area contributed by atoms with Gasteiger partial charge in [0.2, 0.25) is 0 Å². The van der Waals surface area contributed by atoms with Crippen LogP contribution < -0.4 is 11.5 Å². The summed E-state index contributed by atoms with van der Waals surface area (Å²) in [6, 6.07) is 0. The molecule has 0 aromatic carbocycles. The fraction of sp³-hybridized carbons (Fsp3) is 1.00. The summed E-state index contributed by atoms with van der Waals surface area (Å²) in [4.78, 5) is 0. The molecule has 0 saturated carbocycles. The Hall–Kier alpha value is -0.120. The first-order valence-electron chi connectivity index (χ1n) is 2.32. The third kappa shape index (κ3) is 0.627. The molecule has 3 nitrogen and oxygen atoms in total. The van der Waals surface area contributed by atoms with E-state index in [2.05, 4.69) is 0 Å². The van der Waals surface area contributed by atoms with Crippen LogP contribution in [0, 0.1) is 0 Å². The van der Waals surface area contributed by atoms with Crippen LogP contribution in [0.1, 0.15) is 6.92 Å². The van der Waals surface area contributed by atoms with Crippen molar-refractivity contribution in [1.29, 1.82) is 0 Å². The fourth-order valence-corrected chi connectivity index (χ4v) is 0.442. The first kappa shape index (κ1) is 5.03. The van der Waals surface area contributed by atoms with Crippen molar-refractivity contribution in [2.24, 2.45) is 11.5 Å². The second-order valence-corrected chi connectivity index (χ2v) is 2.07. The van der Waals surface area contributed by atoms with E-state index in [1.165, 1.54) is 0 Å². The summed E-state index contributed by atoms with van der Waals surface area (Å²) < 4.78 is 4.90. The second kappa shape index (κ2) is 1.18. The minimum absolute atomic E-state index is 0.0347. The Balaban J connectivity index is 2.43. The highest BCUT2D eigenvalue weighted by Gasteiger charge is 2.37. The third-order valence-electron chi connectivity index (χ3n) is 1.34. The van der Waals surface area contributed by atoms with E-state index in [1.807, 2.05) is 6.92 Å². The Kier molecular flexibility index (Phi) is 0.849. The molecule has 1 aliphatic heterocycles. The molecule has 0 aromatic heterocycles. The lowest BCUT2D eigenvalue weighted by molar-refractivity contribution is -0.118. The maximum Gasteiger partial charge on any atom is 0.114 e. The van der Waals surface area contributed by atoms with E-state index in [4.69, 9.17) is 16.2 Å². The molecule has 3 heteroatoms. The maximum absolute atomic E-state index is 5.42. The van der Waals surface area contributed by atoms with Gasteiger partial charge in [0.1, 0.15) is 5.66 Å². The highest BCUT2D eigenvalue weighted by molar-refractivity contribution is 4.91. The van der Waals surface area contributed by atoms with Gasteiger partial charge in [-0.25, -0.2) is 0 Å². The molecular formula is C4H10N2O. The number of rotatable bonds is 0. The van der Waals surface area contributed by atoms with Crippen molar-refractivity contribution in [1.82, 2.24) is 0 Å². The van der Waals surface area contributed by atoms with E-state index < -0.39 is 5.66 Å². The minimum atomic E-state index is -0.542. The number of hydrogen-bond acceptors (Lipinski definition) is 3. The summed E-state index contributed by atoms with van der Waals surface area (Å²) in [5.41, 5.74) is 10.3. The standard InChI is InChI=1S/C4H10N2O/c1-3-4(5,6)2-7-3/h3H,2,5-6H2,1H3. The average molecular weight is 102 g/mol. The first-order valence-corrected chi connectivity index (χ1v) is 2.32. The van der Waals surface area contributed by atoms with Crippen LogP contribution in [0.5, 0.6) is 0 Å². The summed E-state index contributed by atoms with van der Waals surface area (Å²) in [7, 11) is 0. The van der Waals surface area contributed by atoms with Crippen LogP contribution in [0.3, 0.4) is 0 Å². The molecule has 0 radical (unpaired) electrons. The zero-order valence-corrected chi connectivity index (χ0v) is 4.35. The van der Waals surface area contributed by atoms with Crippen molar-refractivity contribution in [3.63, 3.8) is 0 Å². The summed E-state index contributed by atoms with van der Waals surface area (Å²) in [6.07, 6.45) is 0.0347. The van der Waals surface area contributed by atoms with Gasteiger partial charge in [-0.3, -0.25) is 0 Å². The predicted molar refractivity (Wildman–Crippen MR) is 26.5 cm³/mol. The van der Waals surface area contributed by atoms with Crippen LogP contribution >= 0.6 is 0 Å². The maximum atomic E-state index is 5.42. The quantitative estimate of drug-likeness (QED) is 0.386. The number of hydrogen-bond donors (Lipinski definition) is 2. The van der Waals surface area contributed by atoms with E-state index in [-0.39, 0.29) is 6.10 Å². The highest BCUT2D eigenvalue weighted by atomic mass is 16.5. The first-order chi connectivity index (χ1) is 3.13. The lowest BCUT2D eigenvalue weighted by atomic mass is 10.0. The van der Waals surface area contributed by atoms with Crippen LogP contribution in [0.2, 0.25) is 0 Å². The van der Waals surface area contributed by atoms with Crippen molar-refractivity contribution in [2.45, 2.75) is 18.7 Å². The molecule has 0 spiro atoms. The smallest absolute Gasteiger partial charge is 0.114 e. The van der Waals surface area contributed by atoms with E-state index in [1.54, 1.807) is 0 Å². The van der Waals surface area contributed by atoms with Crippen molar-refractivity contribution in [2.75, 3.05) is 6.61 Å². The Morgan fingerprint density at radius 2 is 2.14 bits per heavy atom. The number of ether oxygens (including phenoxy) is 1. The lowest BCUT2D eigenvalue weighted by Crippen LogP contribution is -2.69. The van der Waals surface area contributed by atoms with E-state index in [9.17, 15) is 0 Å². The predicted octanol–water partition coefficient (Wildman–Crippen LogP) is -0.981. The molecule has 1 saturated heterocycles. The second-order valence-electron chi connectivity index (χ2n) is 2.07. The van der Waals surface area contributed by atoms with Crippen molar-refractivity contribution in [3.8, 4) is 0 Å². The molecule has 7 heavy (non-hydrogen) atoms. The van der Waals surface area contributed by atoms with Crippen LogP contribution in [-0.4, -0.2) is 18.4 Å². The molecule has 1 fully saturated rings. The van der Waals surface area contributed by atoms with Crippen molar-refractivity contribution >= 4 is 0 Å². The molecule has 42 valence electrons. The zero-order valence-electron chi connectivity index (χ0n) is 4.35.